The third-order valence-corrected chi connectivity index (χ3v) is 4.30. The van der Waals surface area contributed by atoms with Crippen molar-refractivity contribution in [1.29, 1.82) is 0 Å². The van der Waals surface area contributed by atoms with Crippen molar-refractivity contribution in [1.82, 2.24) is 9.78 Å². The number of benzene rings is 2. The van der Waals surface area contributed by atoms with E-state index in [2.05, 4.69) is 26.3 Å². The van der Waals surface area contributed by atoms with Gasteiger partial charge in [0.25, 0.3) is 11.6 Å². The molecule has 1 N–H and O–H groups in total. The quantitative estimate of drug-likeness (QED) is 0.505. The normalized spacial score (nSPS) is 10.6. The Bertz CT molecular complexity index is 996. The van der Waals surface area contributed by atoms with Crippen LogP contribution in [0.5, 0.6) is 0 Å². The number of nitro benzene ring substituents is 1. The Morgan fingerprint density at radius 2 is 1.85 bits per heavy atom. The summed E-state index contributed by atoms with van der Waals surface area (Å²) in [5.41, 5.74) is 2.73. The van der Waals surface area contributed by atoms with E-state index in [0.717, 1.165) is 10.0 Å². The number of non-ortho nitro benzene ring substituents is 1. The van der Waals surface area contributed by atoms with Crippen LogP contribution in [0.3, 0.4) is 0 Å². The molecule has 8 heteroatoms. The predicted octanol–water partition coefficient (Wildman–Crippen LogP) is 4.41. The average Bonchev–Trinajstić information content (AvgIpc) is 2.95. The van der Waals surface area contributed by atoms with Crippen LogP contribution in [0.25, 0.3) is 5.69 Å². The highest BCUT2D eigenvalue weighted by Crippen LogP contribution is 2.22. The van der Waals surface area contributed by atoms with E-state index in [1.54, 1.807) is 35.0 Å². The molecule has 3 rings (SSSR count). The Morgan fingerprint density at radius 1 is 1.15 bits per heavy atom. The molecule has 1 amide bonds. The van der Waals surface area contributed by atoms with Crippen molar-refractivity contribution in [2.75, 3.05) is 5.32 Å². The molecule has 0 radical (unpaired) electrons. The van der Waals surface area contributed by atoms with Gasteiger partial charge in [-0.25, -0.2) is 4.68 Å². The molecule has 1 heterocycles. The lowest BCUT2D eigenvalue weighted by Gasteiger charge is -2.10. The van der Waals surface area contributed by atoms with Gasteiger partial charge in [-0.05, 0) is 49.7 Å². The molecular formula is C18H15BrN4O3. The van der Waals surface area contributed by atoms with Crippen molar-refractivity contribution in [3.63, 3.8) is 0 Å². The molecule has 3 aromatic rings. The van der Waals surface area contributed by atoms with Gasteiger partial charge in [-0.1, -0.05) is 15.9 Å². The van der Waals surface area contributed by atoms with E-state index in [1.165, 1.54) is 12.1 Å². The van der Waals surface area contributed by atoms with E-state index in [1.807, 2.05) is 19.9 Å². The summed E-state index contributed by atoms with van der Waals surface area (Å²) in [6.45, 7) is 3.67. The number of anilines is 1. The molecule has 0 saturated carbocycles. The summed E-state index contributed by atoms with van der Waals surface area (Å²) >= 11 is 3.38. The van der Waals surface area contributed by atoms with Gasteiger partial charge >= 0.3 is 0 Å². The summed E-state index contributed by atoms with van der Waals surface area (Å²) in [5, 5.41) is 18.0. The van der Waals surface area contributed by atoms with E-state index in [-0.39, 0.29) is 11.6 Å². The summed E-state index contributed by atoms with van der Waals surface area (Å²) in [6.07, 6.45) is 0. The maximum absolute atomic E-state index is 12.6. The van der Waals surface area contributed by atoms with Crippen LogP contribution in [0.2, 0.25) is 0 Å². The van der Waals surface area contributed by atoms with Crippen LogP contribution in [0.1, 0.15) is 21.6 Å². The molecule has 0 fully saturated rings. The van der Waals surface area contributed by atoms with Gasteiger partial charge in [0.15, 0.2) is 0 Å². The van der Waals surface area contributed by atoms with Crippen LogP contribution < -0.4 is 5.32 Å². The van der Waals surface area contributed by atoms with E-state index in [4.69, 9.17) is 0 Å². The average molecular weight is 415 g/mol. The largest absolute Gasteiger partial charge is 0.306 e. The number of aryl methyl sites for hydroxylation is 2. The van der Waals surface area contributed by atoms with Crippen molar-refractivity contribution >= 4 is 33.3 Å². The first-order valence-corrected chi connectivity index (χ1v) is 8.53. The molecule has 0 aliphatic carbocycles. The number of carbonyl (C=O) groups is 1. The van der Waals surface area contributed by atoms with Crippen LogP contribution in [0.15, 0.2) is 53.0 Å². The molecular weight excluding hydrogens is 400 g/mol. The smallest absolute Gasteiger partial charge is 0.269 e. The maximum Gasteiger partial charge on any atom is 0.269 e. The van der Waals surface area contributed by atoms with E-state index in [9.17, 15) is 14.9 Å². The standard InChI is InChI=1S/C18H15BrN4O3/c1-11-9-13(19)3-8-16(11)18(24)20-17-10-12(2)21-22(17)14-4-6-15(7-5-14)23(25)26/h3-10H,1-2H3,(H,20,24). The van der Waals surface area contributed by atoms with Crippen molar-refractivity contribution in [3.8, 4) is 5.69 Å². The van der Waals surface area contributed by atoms with Gasteiger partial charge in [0, 0.05) is 28.2 Å². The van der Waals surface area contributed by atoms with Gasteiger partial charge in [-0.15, -0.1) is 0 Å². The molecule has 132 valence electrons. The van der Waals surface area contributed by atoms with Gasteiger partial charge in [-0.3, -0.25) is 14.9 Å². The number of rotatable bonds is 4. The minimum Gasteiger partial charge on any atom is -0.306 e. The summed E-state index contributed by atoms with van der Waals surface area (Å²) in [4.78, 5) is 23.0. The second kappa shape index (κ2) is 7.09. The van der Waals surface area contributed by atoms with Crippen molar-refractivity contribution in [2.45, 2.75) is 13.8 Å². The highest BCUT2D eigenvalue weighted by atomic mass is 79.9. The number of nitrogens with zero attached hydrogens (tertiary/aromatic N) is 3. The minimum absolute atomic E-state index is 0.00583. The Labute approximate surface area is 157 Å². The van der Waals surface area contributed by atoms with Crippen LogP contribution in [-0.4, -0.2) is 20.6 Å². The van der Waals surface area contributed by atoms with Crippen LogP contribution in [-0.2, 0) is 0 Å². The number of halogens is 1. The van der Waals surface area contributed by atoms with Gasteiger partial charge in [0.1, 0.15) is 5.82 Å². The fourth-order valence-electron chi connectivity index (χ4n) is 2.57. The topological polar surface area (TPSA) is 90.1 Å². The molecule has 0 spiro atoms. The molecule has 7 nitrogen and oxygen atoms in total. The lowest BCUT2D eigenvalue weighted by Crippen LogP contribution is -2.16. The van der Waals surface area contributed by atoms with E-state index >= 15 is 0 Å². The van der Waals surface area contributed by atoms with Gasteiger partial charge < -0.3 is 5.32 Å². The molecule has 2 aromatic carbocycles. The number of hydrogen-bond acceptors (Lipinski definition) is 4. The Morgan fingerprint density at radius 3 is 2.46 bits per heavy atom. The van der Waals surface area contributed by atoms with Crippen LogP contribution in [0, 0.1) is 24.0 Å². The molecule has 0 bridgehead atoms. The summed E-state index contributed by atoms with van der Waals surface area (Å²) in [5.74, 6) is 0.238. The van der Waals surface area contributed by atoms with Crippen LogP contribution >= 0.6 is 15.9 Å². The number of hydrogen-bond donors (Lipinski definition) is 1. The number of aromatic nitrogens is 2. The zero-order valence-corrected chi connectivity index (χ0v) is 15.6. The van der Waals surface area contributed by atoms with Gasteiger partial charge in [-0.2, -0.15) is 5.10 Å². The van der Waals surface area contributed by atoms with Gasteiger partial charge in [0.2, 0.25) is 0 Å². The fourth-order valence-corrected chi connectivity index (χ4v) is 3.04. The highest BCUT2D eigenvalue weighted by molar-refractivity contribution is 9.10. The van der Waals surface area contributed by atoms with E-state index < -0.39 is 4.92 Å². The van der Waals surface area contributed by atoms with Crippen molar-refractivity contribution < 1.29 is 9.72 Å². The third-order valence-electron chi connectivity index (χ3n) is 3.81. The molecule has 0 aliphatic rings. The summed E-state index contributed by atoms with van der Waals surface area (Å²) in [6, 6.07) is 13.1. The zero-order chi connectivity index (χ0) is 18.8. The second-order valence-electron chi connectivity index (χ2n) is 5.77. The molecule has 1 aromatic heterocycles. The van der Waals surface area contributed by atoms with Crippen molar-refractivity contribution in [3.05, 3.63) is 79.9 Å². The van der Waals surface area contributed by atoms with Crippen molar-refractivity contribution in [2.24, 2.45) is 0 Å². The first-order chi connectivity index (χ1) is 12.3. The molecule has 0 atom stereocenters. The number of amides is 1. The zero-order valence-electron chi connectivity index (χ0n) is 14.1. The Hall–Kier alpha value is -3.00. The number of carbonyl (C=O) groups excluding carboxylic acids is 1. The van der Waals surface area contributed by atoms with Gasteiger partial charge in [0.05, 0.1) is 16.3 Å². The Balaban J connectivity index is 1.92. The monoisotopic (exact) mass is 414 g/mol. The number of nitro groups is 1. The first-order valence-electron chi connectivity index (χ1n) is 7.74. The minimum atomic E-state index is -0.461. The maximum atomic E-state index is 12.6. The summed E-state index contributed by atoms with van der Waals surface area (Å²) in [7, 11) is 0. The van der Waals surface area contributed by atoms with E-state index in [0.29, 0.717) is 22.8 Å². The summed E-state index contributed by atoms with van der Waals surface area (Å²) < 4.78 is 2.45. The first kappa shape index (κ1) is 17.8. The highest BCUT2D eigenvalue weighted by Gasteiger charge is 2.15. The lowest BCUT2D eigenvalue weighted by atomic mass is 10.1. The third kappa shape index (κ3) is 3.65. The SMILES string of the molecule is Cc1cc(NC(=O)c2ccc(Br)cc2C)n(-c2ccc([N+](=O)[O-])cc2)n1. The Kier molecular flexibility index (Phi) is 4.85. The predicted molar refractivity (Wildman–Crippen MR) is 102 cm³/mol. The number of nitrogens with one attached hydrogen (secondary N) is 1. The molecule has 26 heavy (non-hydrogen) atoms. The fraction of sp³-hybridized carbons (Fsp3) is 0.111. The molecule has 0 unspecified atom stereocenters. The second-order valence-corrected chi connectivity index (χ2v) is 6.69. The van der Waals surface area contributed by atoms with Crippen LogP contribution in [0.4, 0.5) is 11.5 Å². The molecule has 0 aliphatic heterocycles. The lowest BCUT2D eigenvalue weighted by molar-refractivity contribution is -0.384. The molecule has 0 saturated heterocycles.